The maximum atomic E-state index is 12.8. The molecule has 4 rings (SSSR count). The molecule has 0 spiro atoms. The number of ether oxygens (including phenoxy) is 5. The highest BCUT2D eigenvalue weighted by Gasteiger charge is 2.30. The van der Waals surface area contributed by atoms with Crippen LogP contribution in [0.2, 0.25) is 0 Å². The van der Waals surface area contributed by atoms with Crippen LogP contribution in [-0.2, 0) is 0 Å². The number of allylic oxidation sites excluding steroid dienone is 1. The van der Waals surface area contributed by atoms with Crippen molar-refractivity contribution in [2.24, 2.45) is 0 Å². The van der Waals surface area contributed by atoms with Gasteiger partial charge in [0.05, 0.1) is 32.5 Å². The minimum atomic E-state index is -0.635. The van der Waals surface area contributed by atoms with Gasteiger partial charge in [0.25, 0.3) is 0 Å². The summed E-state index contributed by atoms with van der Waals surface area (Å²) >= 11 is 0. The van der Waals surface area contributed by atoms with E-state index < -0.39 is 5.97 Å². The van der Waals surface area contributed by atoms with Crippen LogP contribution in [0.5, 0.6) is 28.7 Å². The lowest BCUT2D eigenvalue weighted by Crippen LogP contribution is -2.10. The van der Waals surface area contributed by atoms with Crippen LogP contribution in [0.1, 0.15) is 31.8 Å². The van der Waals surface area contributed by atoms with E-state index in [0.717, 1.165) is 5.56 Å². The average Bonchev–Trinajstić information content (AvgIpc) is 3.13. The number of aryl methyl sites for hydroxylation is 1. The minimum absolute atomic E-state index is 0.175. The monoisotopic (exact) mass is 447 g/mol. The molecule has 2 heterocycles. The van der Waals surface area contributed by atoms with Gasteiger partial charge >= 0.3 is 5.97 Å². The van der Waals surface area contributed by atoms with Crippen LogP contribution in [0.3, 0.4) is 0 Å². The number of carbonyl (C=O) groups is 2. The Labute approximate surface area is 190 Å². The second-order valence-corrected chi connectivity index (χ2v) is 7.14. The number of fused-ring (bicyclic) bond motifs is 1. The third kappa shape index (κ3) is 4.23. The number of carbonyl (C=O) groups excluding carboxylic acids is 2. The van der Waals surface area contributed by atoms with Gasteiger partial charge in [-0.15, -0.1) is 0 Å². The SMILES string of the molecule is COc1cc(C(=O)Oc2cc(C)c3c(c2)OC(=Cc2cccnc2)C3=O)cc(OC)c1OC. The molecule has 2 aromatic carbocycles. The van der Waals surface area contributed by atoms with Crippen LogP contribution in [-0.4, -0.2) is 38.1 Å². The molecule has 0 saturated heterocycles. The quantitative estimate of drug-likeness (QED) is 0.315. The number of hydrogen-bond acceptors (Lipinski definition) is 8. The number of aromatic nitrogens is 1. The molecule has 0 radical (unpaired) electrons. The first kappa shape index (κ1) is 21.9. The van der Waals surface area contributed by atoms with Gasteiger partial charge < -0.3 is 23.7 Å². The fourth-order valence-corrected chi connectivity index (χ4v) is 3.51. The van der Waals surface area contributed by atoms with Crippen molar-refractivity contribution in [3.63, 3.8) is 0 Å². The number of Topliss-reactive ketones (excluding diaryl/α,β-unsaturated/α-hetero) is 1. The van der Waals surface area contributed by atoms with Gasteiger partial charge in [-0.2, -0.15) is 0 Å². The van der Waals surface area contributed by atoms with E-state index in [2.05, 4.69) is 4.98 Å². The lowest BCUT2D eigenvalue weighted by molar-refractivity contribution is 0.0733. The molecule has 0 fully saturated rings. The first-order chi connectivity index (χ1) is 15.9. The number of esters is 1. The average molecular weight is 447 g/mol. The van der Waals surface area contributed by atoms with Gasteiger partial charge in [-0.1, -0.05) is 6.07 Å². The van der Waals surface area contributed by atoms with Crippen molar-refractivity contribution in [2.45, 2.75) is 6.92 Å². The Morgan fingerprint density at radius 2 is 1.76 bits per heavy atom. The number of rotatable bonds is 6. The molecule has 0 amide bonds. The molecule has 1 aliphatic heterocycles. The number of benzene rings is 2. The van der Waals surface area contributed by atoms with E-state index in [4.69, 9.17) is 23.7 Å². The normalized spacial score (nSPS) is 13.3. The van der Waals surface area contributed by atoms with E-state index in [1.165, 1.54) is 39.5 Å². The topological polar surface area (TPSA) is 93.2 Å². The molecule has 33 heavy (non-hydrogen) atoms. The smallest absolute Gasteiger partial charge is 0.343 e. The van der Waals surface area contributed by atoms with Crippen LogP contribution < -0.4 is 23.7 Å². The summed E-state index contributed by atoms with van der Waals surface area (Å²) in [6.07, 6.45) is 4.90. The van der Waals surface area contributed by atoms with Crippen molar-refractivity contribution < 1.29 is 33.3 Å². The van der Waals surface area contributed by atoms with Gasteiger partial charge in [0.2, 0.25) is 11.5 Å². The zero-order valence-corrected chi connectivity index (χ0v) is 18.5. The van der Waals surface area contributed by atoms with Crippen molar-refractivity contribution in [1.82, 2.24) is 4.98 Å². The molecule has 3 aromatic rings. The number of hydrogen-bond donors (Lipinski definition) is 0. The van der Waals surface area contributed by atoms with Crippen LogP contribution in [0.4, 0.5) is 0 Å². The summed E-state index contributed by atoms with van der Waals surface area (Å²) in [4.78, 5) is 29.7. The second-order valence-electron chi connectivity index (χ2n) is 7.14. The number of nitrogens with zero attached hydrogens (tertiary/aromatic N) is 1. The summed E-state index contributed by atoms with van der Waals surface area (Å²) in [5, 5.41) is 0. The van der Waals surface area contributed by atoms with Gasteiger partial charge in [0, 0.05) is 18.5 Å². The minimum Gasteiger partial charge on any atom is -0.493 e. The summed E-state index contributed by atoms with van der Waals surface area (Å²) in [6, 6.07) is 9.71. The summed E-state index contributed by atoms with van der Waals surface area (Å²) < 4.78 is 27.2. The predicted molar refractivity (Wildman–Crippen MR) is 119 cm³/mol. The van der Waals surface area contributed by atoms with Gasteiger partial charge in [0.15, 0.2) is 17.3 Å². The van der Waals surface area contributed by atoms with E-state index in [0.29, 0.717) is 34.1 Å². The summed E-state index contributed by atoms with van der Waals surface area (Å²) in [7, 11) is 4.40. The lowest BCUT2D eigenvalue weighted by Gasteiger charge is -2.14. The molecule has 0 saturated carbocycles. The Kier molecular flexibility index (Phi) is 5.99. The Hall–Kier alpha value is -4.33. The van der Waals surface area contributed by atoms with Crippen molar-refractivity contribution in [3.05, 3.63) is 76.8 Å². The van der Waals surface area contributed by atoms with Crippen molar-refractivity contribution >= 4 is 17.8 Å². The van der Waals surface area contributed by atoms with Gasteiger partial charge in [-0.05, 0) is 48.4 Å². The van der Waals surface area contributed by atoms with Gasteiger partial charge in [-0.25, -0.2) is 4.79 Å². The molecule has 0 N–H and O–H groups in total. The van der Waals surface area contributed by atoms with E-state index in [9.17, 15) is 9.59 Å². The molecule has 1 aliphatic rings. The van der Waals surface area contributed by atoms with Crippen molar-refractivity contribution in [3.8, 4) is 28.7 Å². The zero-order valence-electron chi connectivity index (χ0n) is 18.5. The molecular weight excluding hydrogens is 426 g/mol. The molecule has 8 heteroatoms. The van der Waals surface area contributed by atoms with E-state index >= 15 is 0 Å². The Balaban J connectivity index is 1.62. The molecule has 1 aromatic heterocycles. The second kappa shape index (κ2) is 9.04. The Bertz CT molecular complexity index is 1240. The zero-order chi connectivity index (χ0) is 23.5. The van der Waals surface area contributed by atoms with Crippen LogP contribution >= 0.6 is 0 Å². The molecule has 168 valence electrons. The van der Waals surface area contributed by atoms with Crippen LogP contribution in [0, 0.1) is 6.92 Å². The summed E-state index contributed by atoms with van der Waals surface area (Å²) in [5.41, 5.74) is 2.00. The fraction of sp³-hybridized carbons (Fsp3) is 0.160. The number of ketones is 1. The lowest BCUT2D eigenvalue weighted by atomic mass is 10.0. The number of methoxy groups -OCH3 is 3. The Morgan fingerprint density at radius 1 is 1.03 bits per heavy atom. The van der Waals surface area contributed by atoms with E-state index in [1.807, 2.05) is 6.07 Å². The fourth-order valence-electron chi connectivity index (χ4n) is 3.51. The van der Waals surface area contributed by atoms with Crippen LogP contribution in [0.25, 0.3) is 6.08 Å². The molecular formula is C25H21NO7. The highest BCUT2D eigenvalue weighted by Crippen LogP contribution is 2.40. The molecule has 0 unspecified atom stereocenters. The van der Waals surface area contributed by atoms with Gasteiger partial charge in [0.1, 0.15) is 11.5 Å². The van der Waals surface area contributed by atoms with Crippen molar-refractivity contribution in [2.75, 3.05) is 21.3 Å². The molecule has 0 bridgehead atoms. The third-order valence-corrected chi connectivity index (χ3v) is 5.04. The van der Waals surface area contributed by atoms with E-state index in [1.54, 1.807) is 37.5 Å². The summed E-state index contributed by atoms with van der Waals surface area (Å²) in [6.45, 7) is 1.75. The van der Waals surface area contributed by atoms with Crippen molar-refractivity contribution in [1.29, 1.82) is 0 Å². The Morgan fingerprint density at radius 3 is 2.36 bits per heavy atom. The maximum absolute atomic E-state index is 12.8. The molecule has 0 aliphatic carbocycles. The van der Waals surface area contributed by atoms with E-state index in [-0.39, 0.29) is 22.9 Å². The maximum Gasteiger partial charge on any atom is 0.343 e. The molecule has 0 atom stereocenters. The molecule has 8 nitrogen and oxygen atoms in total. The third-order valence-electron chi connectivity index (χ3n) is 5.04. The predicted octanol–water partition coefficient (Wildman–Crippen LogP) is 4.25. The van der Waals surface area contributed by atoms with Crippen LogP contribution in [0.15, 0.2) is 54.6 Å². The first-order valence-corrected chi connectivity index (χ1v) is 9.96. The highest BCUT2D eigenvalue weighted by molar-refractivity contribution is 6.15. The summed E-state index contributed by atoms with van der Waals surface area (Å²) in [5.74, 6) is 0.876. The first-order valence-electron chi connectivity index (χ1n) is 9.96. The van der Waals surface area contributed by atoms with Gasteiger partial charge in [-0.3, -0.25) is 9.78 Å². The number of pyridine rings is 1. The largest absolute Gasteiger partial charge is 0.493 e. The highest BCUT2D eigenvalue weighted by atomic mass is 16.5. The standard InChI is InChI=1S/C25H21NO7/c1-14-8-17(32-25(28)16-10-20(29-2)24(31-4)21(11-16)30-3)12-18-22(14)23(27)19(33-18)9-15-6-5-7-26-13-15/h5-13H,1-4H3.